The van der Waals surface area contributed by atoms with Crippen LogP contribution in [0.3, 0.4) is 0 Å². The summed E-state index contributed by atoms with van der Waals surface area (Å²) in [5.41, 5.74) is 5.79. The second-order valence-corrected chi connectivity index (χ2v) is 6.77. The molecule has 2 heterocycles. The molecular formula is C12H16BrN3O2S. The fourth-order valence-electron chi connectivity index (χ4n) is 2.19. The maximum absolute atomic E-state index is 12.1. The minimum atomic E-state index is -0.451. The van der Waals surface area contributed by atoms with E-state index in [1.54, 1.807) is 21.1 Å². The summed E-state index contributed by atoms with van der Waals surface area (Å²) in [5.74, 6) is -0.879. The molecule has 0 bridgehead atoms. The van der Waals surface area contributed by atoms with Crippen LogP contribution in [-0.4, -0.2) is 47.8 Å². The Kier molecular flexibility index (Phi) is 4.59. The highest BCUT2D eigenvalue weighted by Gasteiger charge is 2.36. The van der Waals surface area contributed by atoms with Crippen LogP contribution in [-0.2, 0) is 9.59 Å². The van der Waals surface area contributed by atoms with Crippen LogP contribution in [0.15, 0.2) is 15.9 Å². The van der Waals surface area contributed by atoms with Gasteiger partial charge in [-0.2, -0.15) is 0 Å². The lowest BCUT2D eigenvalue weighted by molar-refractivity contribution is -0.157. The van der Waals surface area contributed by atoms with E-state index in [0.717, 1.165) is 8.66 Å². The number of carbonyl (C=O) groups is 2. The number of hydrogen-bond donors (Lipinski definition) is 1. The topological polar surface area (TPSA) is 66.6 Å². The zero-order chi connectivity index (χ0) is 14.0. The standard InChI is InChI=1S/C12H16BrN3O2S/c1-2-15-5-6-16(12(18)11(15)17)8(7-14)9-3-4-10(13)19-9/h3-4,8H,2,5-7,14H2,1H3. The van der Waals surface area contributed by atoms with Gasteiger partial charge in [0.1, 0.15) is 0 Å². The van der Waals surface area contributed by atoms with Crippen molar-refractivity contribution in [3.8, 4) is 0 Å². The smallest absolute Gasteiger partial charge is 0.312 e. The summed E-state index contributed by atoms with van der Waals surface area (Å²) in [4.78, 5) is 28.2. The van der Waals surface area contributed by atoms with Crippen molar-refractivity contribution in [1.82, 2.24) is 9.80 Å². The normalized spacial score (nSPS) is 18.1. The molecule has 104 valence electrons. The summed E-state index contributed by atoms with van der Waals surface area (Å²) >= 11 is 4.94. The SMILES string of the molecule is CCN1CCN(C(CN)c2ccc(Br)s2)C(=O)C1=O. The van der Waals surface area contributed by atoms with Gasteiger partial charge in [0.2, 0.25) is 0 Å². The molecule has 0 saturated carbocycles. The highest BCUT2D eigenvalue weighted by Crippen LogP contribution is 2.31. The number of piperazine rings is 1. The molecule has 7 heteroatoms. The first kappa shape index (κ1) is 14.5. The average molecular weight is 346 g/mol. The van der Waals surface area contributed by atoms with E-state index < -0.39 is 11.8 Å². The van der Waals surface area contributed by atoms with Crippen molar-refractivity contribution in [3.05, 3.63) is 20.8 Å². The highest BCUT2D eigenvalue weighted by molar-refractivity contribution is 9.11. The van der Waals surface area contributed by atoms with Gasteiger partial charge in [0.15, 0.2) is 0 Å². The average Bonchev–Trinajstić information content (AvgIpc) is 2.82. The van der Waals surface area contributed by atoms with Gasteiger partial charge in [-0.05, 0) is 35.0 Å². The summed E-state index contributed by atoms with van der Waals surface area (Å²) < 4.78 is 0.993. The second-order valence-electron chi connectivity index (χ2n) is 4.28. The lowest BCUT2D eigenvalue weighted by atomic mass is 10.1. The Bertz CT molecular complexity index is 491. The minimum Gasteiger partial charge on any atom is -0.333 e. The van der Waals surface area contributed by atoms with E-state index in [0.29, 0.717) is 26.2 Å². The first-order chi connectivity index (χ1) is 9.08. The van der Waals surface area contributed by atoms with Gasteiger partial charge < -0.3 is 15.5 Å². The Morgan fingerprint density at radius 1 is 1.37 bits per heavy atom. The molecule has 0 aromatic carbocycles. The fourth-order valence-corrected chi connectivity index (χ4v) is 3.74. The van der Waals surface area contributed by atoms with Gasteiger partial charge in [0.05, 0.1) is 9.83 Å². The first-order valence-electron chi connectivity index (χ1n) is 6.13. The van der Waals surface area contributed by atoms with E-state index in [4.69, 9.17) is 5.73 Å². The van der Waals surface area contributed by atoms with Crippen molar-refractivity contribution < 1.29 is 9.59 Å². The maximum atomic E-state index is 12.1. The highest BCUT2D eigenvalue weighted by atomic mass is 79.9. The van der Waals surface area contributed by atoms with Gasteiger partial charge in [-0.25, -0.2) is 0 Å². The molecule has 1 atom stereocenters. The van der Waals surface area contributed by atoms with Crippen LogP contribution >= 0.6 is 27.3 Å². The van der Waals surface area contributed by atoms with Crippen molar-refractivity contribution in [2.24, 2.45) is 5.73 Å². The molecule has 1 aliphatic rings. The molecule has 1 unspecified atom stereocenters. The number of nitrogens with two attached hydrogens (primary N) is 1. The van der Waals surface area contributed by atoms with Gasteiger partial charge >= 0.3 is 11.8 Å². The van der Waals surface area contributed by atoms with Crippen LogP contribution in [0.25, 0.3) is 0 Å². The molecule has 0 aliphatic carbocycles. The third-order valence-electron chi connectivity index (χ3n) is 3.25. The van der Waals surface area contributed by atoms with Crippen LogP contribution in [0, 0.1) is 0 Å². The summed E-state index contributed by atoms with van der Waals surface area (Å²) in [6.45, 7) is 3.87. The van der Waals surface area contributed by atoms with Crippen LogP contribution in [0.4, 0.5) is 0 Å². The van der Waals surface area contributed by atoms with Crippen LogP contribution in [0.2, 0.25) is 0 Å². The summed E-state index contributed by atoms with van der Waals surface area (Å²) in [6.07, 6.45) is 0. The number of amides is 2. The molecule has 1 aliphatic heterocycles. The Labute approximate surface area is 124 Å². The molecule has 5 nitrogen and oxygen atoms in total. The molecule has 1 fully saturated rings. The van der Waals surface area contributed by atoms with Crippen molar-refractivity contribution >= 4 is 39.1 Å². The Balaban J connectivity index is 2.20. The van der Waals surface area contributed by atoms with Crippen molar-refractivity contribution in [3.63, 3.8) is 0 Å². The van der Waals surface area contributed by atoms with Crippen LogP contribution < -0.4 is 5.73 Å². The number of nitrogens with zero attached hydrogens (tertiary/aromatic N) is 2. The zero-order valence-electron chi connectivity index (χ0n) is 10.6. The van der Waals surface area contributed by atoms with Gasteiger partial charge in [-0.1, -0.05) is 0 Å². The van der Waals surface area contributed by atoms with Gasteiger partial charge in [-0.15, -0.1) is 11.3 Å². The Morgan fingerprint density at radius 2 is 2.11 bits per heavy atom. The quantitative estimate of drug-likeness (QED) is 0.834. The Morgan fingerprint density at radius 3 is 2.63 bits per heavy atom. The van der Waals surface area contributed by atoms with Crippen LogP contribution in [0.1, 0.15) is 17.8 Å². The van der Waals surface area contributed by atoms with Crippen molar-refractivity contribution in [2.45, 2.75) is 13.0 Å². The van der Waals surface area contributed by atoms with Gasteiger partial charge in [0.25, 0.3) is 0 Å². The molecule has 2 N–H and O–H groups in total. The molecule has 1 aromatic heterocycles. The van der Waals surface area contributed by atoms with Gasteiger partial charge in [0, 0.05) is 31.1 Å². The number of thiophene rings is 1. The first-order valence-corrected chi connectivity index (χ1v) is 7.74. The number of likely N-dealkylation sites (N-methyl/N-ethyl adjacent to an activating group) is 1. The summed E-state index contributed by atoms with van der Waals surface area (Å²) in [7, 11) is 0. The van der Waals surface area contributed by atoms with E-state index in [9.17, 15) is 9.59 Å². The van der Waals surface area contributed by atoms with Crippen molar-refractivity contribution in [1.29, 1.82) is 0 Å². The molecule has 1 saturated heterocycles. The van der Waals surface area contributed by atoms with E-state index in [-0.39, 0.29) is 6.04 Å². The fraction of sp³-hybridized carbons (Fsp3) is 0.500. The van der Waals surface area contributed by atoms with E-state index in [2.05, 4.69) is 15.9 Å². The monoisotopic (exact) mass is 345 g/mol. The molecule has 19 heavy (non-hydrogen) atoms. The zero-order valence-corrected chi connectivity index (χ0v) is 13.0. The molecule has 1 aromatic rings. The lowest BCUT2D eigenvalue weighted by Crippen LogP contribution is -2.55. The minimum absolute atomic E-state index is 0.216. The number of hydrogen-bond acceptors (Lipinski definition) is 4. The molecule has 0 spiro atoms. The predicted octanol–water partition coefficient (Wildman–Crippen LogP) is 1.20. The maximum Gasteiger partial charge on any atom is 0.312 e. The summed E-state index contributed by atoms with van der Waals surface area (Å²) in [6, 6.07) is 3.65. The predicted molar refractivity (Wildman–Crippen MR) is 77.8 cm³/mol. The van der Waals surface area contributed by atoms with Gasteiger partial charge in [-0.3, -0.25) is 9.59 Å². The van der Waals surface area contributed by atoms with E-state index >= 15 is 0 Å². The number of halogens is 1. The molecule has 2 amide bonds. The molecule has 2 rings (SSSR count). The third-order valence-corrected chi connectivity index (χ3v) is 4.97. The third kappa shape index (κ3) is 2.82. The molecule has 0 radical (unpaired) electrons. The Hall–Kier alpha value is -0.920. The summed E-state index contributed by atoms with van der Waals surface area (Å²) in [5, 5.41) is 0. The largest absolute Gasteiger partial charge is 0.333 e. The molecular weight excluding hydrogens is 330 g/mol. The lowest BCUT2D eigenvalue weighted by Gasteiger charge is -2.37. The number of carbonyl (C=O) groups excluding carboxylic acids is 2. The van der Waals surface area contributed by atoms with Crippen molar-refractivity contribution in [2.75, 3.05) is 26.2 Å². The van der Waals surface area contributed by atoms with E-state index in [1.165, 1.54) is 0 Å². The van der Waals surface area contributed by atoms with E-state index in [1.807, 2.05) is 19.1 Å². The number of rotatable bonds is 4. The van der Waals surface area contributed by atoms with Crippen LogP contribution in [0.5, 0.6) is 0 Å². The second kappa shape index (κ2) is 6.02.